The lowest BCUT2D eigenvalue weighted by atomic mass is 10.1. The highest BCUT2D eigenvalue weighted by Gasteiger charge is 2.31. The summed E-state index contributed by atoms with van der Waals surface area (Å²) in [5.41, 5.74) is 1.63. The van der Waals surface area contributed by atoms with Crippen LogP contribution in [-0.4, -0.2) is 20.9 Å². The zero-order valence-electron chi connectivity index (χ0n) is 11.5. The average molecular weight is 362 g/mol. The SMILES string of the molecule is CCCCCCC(C(=O)NO)[S+]([O-])c1ccc(Br)cc1. The Kier molecular flexibility index (Phi) is 8.21. The van der Waals surface area contributed by atoms with Crippen LogP contribution in [-0.2, 0) is 16.0 Å². The number of amides is 1. The summed E-state index contributed by atoms with van der Waals surface area (Å²) in [6.45, 7) is 2.11. The first-order valence-electron chi connectivity index (χ1n) is 6.70. The second-order valence-electron chi connectivity index (χ2n) is 4.57. The Morgan fingerprint density at radius 3 is 2.55 bits per heavy atom. The van der Waals surface area contributed by atoms with E-state index in [1.165, 1.54) is 0 Å². The number of hydrogen-bond donors (Lipinski definition) is 2. The van der Waals surface area contributed by atoms with E-state index in [1.807, 2.05) is 0 Å². The maximum absolute atomic E-state index is 12.4. The van der Waals surface area contributed by atoms with E-state index in [1.54, 1.807) is 29.7 Å². The van der Waals surface area contributed by atoms with Gasteiger partial charge in [0, 0.05) is 10.9 Å². The van der Waals surface area contributed by atoms with Crippen LogP contribution in [0.25, 0.3) is 0 Å². The lowest BCUT2D eigenvalue weighted by Gasteiger charge is -2.19. The Hall–Kier alpha value is -0.560. The van der Waals surface area contributed by atoms with Gasteiger partial charge < -0.3 is 4.55 Å². The molecule has 112 valence electrons. The minimum Gasteiger partial charge on any atom is -0.611 e. The number of carbonyl (C=O) groups excluding carboxylic acids is 1. The first-order chi connectivity index (χ1) is 9.60. The van der Waals surface area contributed by atoms with Crippen LogP contribution in [0.3, 0.4) is 0 Å². The summed E-state index contributed by atoms with van der Waals surface area (Å²) in [6, 6.07) is 7.03. The van der Waals surface area contributed by atoms with Gasteiger partial charge in [0.25, 0.3) is 5.91 Å². The van der Waals surface area contributed by atoms with E-state index >= 15 is 0 Å². The molecule has 20 heavy (non-hydrogen) atoms. The van der Waals surface area contributed by atoms with Crippen LogP contribution in [0.4, 0.5) is 0 Å². The highest BCUT2D eigenvalue weighted by molar-refractivity contribution is 9.10. The third-order valence-corrected chi connectivity index (χ3v) is 5.26. The molecule has 0 spiro atoms. The van der Waals surface area contributed by atoms with Crippen molar-refractivity contribution in [3.8, 4) is 0 Å². The van der Waals surface area contributed by atoms with Crippen molar-refractivity contribution in [1.82, 2.24) is 5.48 Å². The van der Waals surface area contributed by atoms with Gasteiger partial charge in [-0.15, -0.1) is 0 Å². The molecule has 0 saturated heterocycles. The Morgan fingerprint density at radius 2 is 2.00 bits per heavy atom. The molecule has 1 aromatic carbocycles. The van der Waals surface area contributed by atoms with Gasteiger partial charge in [0.05, 0.1) is 0 Å². The fourth-order valence-electron chi connectivity index (χ4n) is 1.90. The van der Waals surface area contributed by atoms with Crippen molar-refractivity contribution in [3.63, 3.8) is 0 Å². The predicted molar refractivity (Wildman–Crippen MR) is 83.0 cm³/mol. The first-order valence-corrected chi connectivity index (χ1v) is 8.70. The van der Waals surface area contributed by atoms with Crippen LogP contribution in [0.5, 0.6) is 0 Å². The van der Waals surface area contributed by atoms with Gasteiger partial charge in [0.2, 0.25) is 5.25 Å². The molecule has 1 amide bonds. The smallest absolute Gasteiger partial charge is 0.296 e. The maximum atomic E-state index is 12.4. The summed E-state index contributed by atoms with van der Waals surface area (Å²) < 4.78 is 13.3. The van der Waals surface area contributed by atoms with E-state index in [-0.39, 0.29) is 0 Å². The number of carbonyl (C=O) groups is 1. The van der Waals surface area contributed by atoms with E-state index in [0.29, 0.717) is 11.3 Å². The Labute approximate surface area is 131 Å². The summed E-state index contributed by atoms with van der Waals surface area (Å²) >= 11 is 1.86. The van der Waals surface area contributed by atoms with Gasteiger partial charge in [-0.3, -0.25) is 10.0 Å². The summed E-state index contributed by atoms with van der Waals surface area (Å²) in [6.07, 6.45) is 4.54. The van der Waals surface area contributed by atoms with E-state index in [0.717, 1.165) is 30.2 Å². The van der Waals surface area contributed by atoms with Crippen LogP contribution in [0.2, 0.25) is 0 Å². The van der Waals surface area contributed by atoms with Crippen molar-refractivity contribution in [1.29, 1.82) is 0 Å². The molecule has 0 radical (unpaired) electrons. The van der Waals surface area contributed by atoms with Gasteiger partial charge >= 0.3 is 0 Å². The fraction of sp³-hybridized carbons (Fsp3) is 0.500. The first kappa shape index (κ1) is 17.5. The predicted octanol–water partition coefficient (Wildman–Crippen LogP) is 3.40. The molecule has 0 heterocycles. The molecule has 1 rings (SSSR count). The second-order valence-corrected chi connectivity index (χ2v) is 7.12. The zero-order valence-corrected chi connectivity index (χ0v) is 13.9. The number of benzene rings is 1. The van der Waals surface area contributed by atoms with E-state index in [9.17, 15) is 9.35 Å². The normalized spacial score (nSPS) is 13.8. The van der Waals surface area contributed by atoms with Gasteiger partial charge in [-0.25, -0.2) is 5.48 Å². The molecule has 1 aromatic rings. The van der Waals surface area contributed by atoms with Crippen molar-refractivity contribution in [2.45, 2.75) is 49.2 Å². The quantitative estimate of drug-likeness (QED) is 0.322. The van der Waals surface area contributed by atoms with Gasteiger partial charge in [-0.2, -0.15) is 0 Å². The summed E-state index contributed by atoms with van der Waals surface area (Å²) in [7, 11) is 0. The van der Waals surface area contributed by atoms with Crippen LogP contribution in [0.15, 0.2) is 33.6 Å². The van der Waals surface area contributed by atoms with Gasteiger partial charge in [-0.1, -0.05) is 42.1 Å². The molecule has 6 heteroatoms. The van der Waals surface area contributed by atoms with Crippen LogP contribution < -0.4 is 5.48 Å². The second kappa shape index (κ2) is 9.39. The molecule has 4 nitrogen and oxygen atoms in total. The minimum atomic E-state index is -1.46. The molecular formula is C14H20BrNO3S. The molecular weight excluding hydrogens is 342 g/mol. The van der Waals surface area contributed by atoms with Crippen molar-refractivity contribution in [3.05, 3.63) is 28.7 Å². The molecule has 2 unspecified atom stereocenters. The Morgan fingerprint density at radius 1 is 1.35 bits per heavy atom. The molecule has 0 aliphatic carbocycles. The standard InChI is InChI=1S/C14H20BrNO3S/c1-2-3-4-5-6-13(14(17)16-18)20(19)12-9-7-11(15)8-10-12/h7-10,13,18H,2-6H2,1H3,(H,16,17). The van der Waals surface area contributed by atoms with Crippen molar-refractivity contribution < 1.29 is 14.6 Å². The Balaban J connectivity index is 2.71. The number of rotatable bonds is 8. The third-order valence-electron chi connectivity index (χ3n) is 3.03. The average Bonchev–Trinajstić information content (AvgIpc) is 2.47. The highest BCUT2D eigenvalue weighted by atomic mass is 79.9. The van der Waals surface area contributed by atoms with Crippen LogP contribution in [0.1, 0.15) is 39.0 Å². The molecule has 0 fully saturated rings. The number of nitrogens with one attached hydrogen (secondary N) is 1. The van der Waals surface area contributed by atoms with Gasteiger partial charge in [0.1, 0.15) is 0 Å². The summed E-state index contributed by atoms with van der Waals surface area (Å²) in [5, 5.41) is 8.10. The third kappa shape index (κ3) is 5.44. The maximum Gasteiger partial charge on any atom is 0.296 e. The topological polar surface area (TPSA) is 72.4 Å². The van der Waals surface area contributed by atoms with E-state index < -0.39 is 22.3 Å². The Bertz CT molecular complexity index is 413. The lowest BCUT2D eigenvalue weighted by molar-refractivity contribution is -0.128. The molecule has 0 aliphatic heterocycles. The molecule has 2 N–H and O–H groups in total. The van der Waals surface area contributed by atoms with Crippen LogP contribution in [0, 0.1) is 0 Å². The van der Waals surface area contributed by atoms with Crippen molar-refractivity contribution in [2.75, 3.05) is 0 Å². The number of hydroxylamine groups is 1. The highest BCUT2D eigenvalue weighted by Crippen LogP contribution is 2.22. The molecule has 0 saturated carbocycles. The van der Waals surface area contributed by atoms with E-state index in [4.69, 9.17) is 5.21 Å². The van der Waals surface area contributed by atoms with E-state index in [2.05, 4.69) is 22.9 Å². The van der Waals surface area contributed by atoms with Crippen LogP contribution >= 0.6 is 15.9 Å². The fourth-order valence-corrected chi connectivity index (χ4v) is 3.52. The molecule has 2 atom stereocenters. The summed E-state index contributed by atoms with van der Waals surface area (Å²) in [5.74, 6) is -0.581. The number of halogens is 1. The minimum absolute atomic E-state index is 0.509. The summed E-state index contributed by atoms with van der Waals surface area (Å²) in [4.78, 5) is 12.3. The van der Waals surface area contributed by atoms with Crippen molar-refractivity contribution in [2.24, 2.45) is 0 Å². The molecule has 0 bridgehead atoms. The number of unbranched alkanes of at least 4 members (excludes halogenated alkanes) is 3. The molecule has 0 aliphatic rings. The zero-order chi connectivity index (χ0) is 15.0. The number of hydrogen-bond acceptors (Lipinski definition) is 3. The van der Waals surface area contributed by atoms with Crippen molar-refractivity contribution >= 4 is 33.0 Å². The lowest BCUT2D eigenvalue weighted by Crippen LogP contribution is -2.38. The van der Waals surface area contributed by atoms with Gasteiger partial charge in [0.15, 0.2) is 4.90 Å². The monoisotopic (exact) mass is 361 g/mol. The molecule has 0 aromatic heterocycles. The van der Waals surface area contributed by atoms with Gasteiger partial charge in [-0.05, 0) is 41.9 Å². The largest absolute Gasteiger partial charge is 0.611 e.